The minimum absolute atomic E-state index is 0.170. The maximum atomic E-state index is 13.7. The van der Waals surface area contributed by atoms with Crippen LogP contribution in [0.2, 0.25) is 0 Å². The number of nitrogens with zero attached hydrogens (tertiary/aromatic N) is 4. The molecular formula is C24H27F3N4O. The van der Waals surface area contributed by atoms with Crippen LogP contribution in [0, 0.1) is 0 Å². The Bertz CT molecular complexity index is 1030. The lowest BCUT2D eigenvalue weighted by atomic mass is 10.0. The van der Waals surface area contributed by atoms with Crippen molar-refractivity contribution in [2.75, 3.05) is 30.5 Å². The van der Waals surface area contributed by atoms with Crippen LogP contribution in [0.4, 0.5) is 36.3 Å². The zero-order valence-corrected chi connectivity index (χ0v) is 18.8. The zero-order valence-electron chi connectivity index (χ0n) is 18.8. The summed E-state index contributed by atoms with van der Waals surface area (Å²) in [7, 11) is 3.28. The van der Waals surface area contributed by atoms with Gasteiger partial charge in [-0.15, -0.1) is 0 Å². The maximum Gasteiger partial charge on any atom is 0.421 e. The van der Waals surface area contributed by atoms with Crippen molar-refractivity contribution in [1.82, 2.24) is 9.97 Å². The second kappa shape index (κ2) is 9.46. The summed E-state index contributed by atoms with van der Waals surface area (Å²) in [4.78, 5) is 11.4. The SMILES string of the molecule is CCOc1ccc(N(C)c2nc(N(C)c3ccc(C(C)C)cc3)ncc2C(F)(F)F)cc1. The number of benzene rings is 2. The normalized spacial score (nSPS) is 11.5. The van der Waals surface area contributed by atoms with Gasteiger partial charge in [0.2, 0.25) is 5.95 Å². The summed E-state index contributed by atoms with van der Waals surface area (Å²) < 4.78 is 46.6. The lowest BCUT2D eigenvalue weighted by Crippen LogP contribution is -2.21. The standard InChI is InChI=1S/C24H27F3N4O/c1-6-32-20-13-11-18(12-14-20)30(4)22-21(24(25,26)27)15-28-23(29-22)31(5)19-9-7-17(8-10-19)16(2)3/h7-16H,6H2,1-5H3. The lowest BCUT2D eigenvalue weighted by molar-refractivity contribution is -0.137. The van der Waals surface area contributed by atoms with E-state index in [-0.39, 0.29) is 11.8 Å². The van der Waals surface area contributed by atoms with Crippen LogP contribution in [0.5, 0.6) is 5.75 Å². The molecule has 0 fully saturated rings. The maximum absolute atomic E-state index is 13.7. The molecule has 170 valence electrons. The fourth-order valence-corrected chi connectivity index (χ4v) is 3.23. The molecule has 1 heterocycles. The van der Waals surface area contributed by atoms with E-state index >= 15 is 0 Å². The van der Waals surface area contributed by atoms with Gasteiger partial charge in [0.05, 0.1) is 6.61 Å². The third kappa shape index (κ3) is 5.12. The number of hydrogen-bond acceptors (Lipinski definition) is 5. The molecule has 32 heavy (non-hydrogen) atoms. The first-order chi connectivity index (χ1) is 15.1. The minimum Gasteiger partial charge on any atom is -0.494 e. The van der Waals surface area contributed by atoms with Gasteiger partial charge in [-0.2, -0.15) is 18.2 Å². The molecule has 3 aromatic rings. The first kappa shape index (κ1) is 23.4. The van der Waals surface area contributed by atoms with Crippen molar-refractivity contribution in [1.29, 1.82) is 0 Å². The van der Waals surface area contributed by atoms with Crippen molar-refractivity contribution in [2.24, 2.45) is 0 Å². The summed E-state index contributed by atoms with van der Waals surface area (Å²) >= 11 is 0. The van der Waals surface area contributed by atoms with E-state index in [1.165, 1.54) is 10.5 Å². The smallest absolute Gasteiger partial charge is 0.421 e. The van der Waals surface area contributed by atoms with E-state index in [9.17, 15) is 13.2 Å². The van der Waals surface area contributed by atoms with Gasteiger partial charge in [-0.1, -0.05) is 26.0 Å². The van der Waals surface area contributed by atoms with Gasteiger partial charge in [0, 0.05) is 31.7 Å². The minimum atomic E-state index is -4.59. The first-order valence-corrected chi connectivity index (χ1v) is 10.4. The Kier molecular flexibility index (Phi) is 6.91. The molecule has 0 N–H and O–H groups in total. The molecule has 0 amide bonds. The second-order valence-electron chi connectivity index (χ2n) is 7.70. The highest BCUT2D eigenvalue weighted by molar-refractivity contribution is 5.66. The molecule has 3 rings (SSSR count). The summed E-state index contributed by atoms with van der Waals surface area (Å²) in [6, 6.07) is 14.6. The van der Waals surface area contributed by atoms with E-state index in [1.807, 2.05) is 31.2 Å². The van der Waals surface area contributed by atoms with E-state index in [0.717, 1.165) is 11.9 Å². The van der Waals surface area contributed by atoms with Gasteiger partial charge >= 0.3 is 6.18 Å². The predicted octanol–water partition coefficient (Wildman–Crippen LogP) is 6.55. The molecule has 8 heteroatoms. The average Bonchev–Trinajstić information content (AvgIpc) is 2.78. The average molecular weight is 445 g/mol. The first-order valence-electron chi connectivity index (χ1n) is 10.4. The van der Waals surface area contributed by atoms with E-state index in [4.69, 9.17) is 4.74 Å². The quantitative estimate of drug-likeness (QED) is 0.413. The molecular weight excluding hydrogens is 417 g/mol. The van der Waals surface area contributed by atoms with Crippen LogP contribution in [0.1, 0.15) is 37.8 Å². The number of halogens is 3. The molecule has 0 saturated carbocycles. The summed E-state index contributed by atoms with van der Waals surface area (Å²) in [6.07, 6.45) is -3.76. The molecule has 0 spiro atoms. The van der Waals surface area contributed by atoms with Crippen molar-refractivity contribution < 1.29 is 17.9 Å². The Morgan fingerprint density at radius 2 is 1.47 bits per heavy atom. The van der Waals surface area contributed by atoms with E-state index in [0.29, 0.717) is 24.0 Å². The van der Waals surface area contributed by atoms with Crippen molar-refractivity contribution in [2.45, 2.75) is 32.9 Å². The monoisotopic (exact) mass is 444 g/mol. The Morgan fingerprint density at radius 3 is 2.00 bits per heavy atom. The molecule has 0 aliphatic rings. The highest BCUT2D eigenvalue weighted by atomic mass is 19.4. The van der Waals surface area contributed by atoms with Crippen LogP contribution in [0.15, 0.2) is 54.7 Å². The number of rotatable bonds is 7. The van der Waals surface area contributed by atoms with Crippen molar-refractivity contribution in [3.8, 4) is 5.75 Å². The third-order valence-electron chi connectivity index (χ3n) is 5.16. The summed E-state index contributed by atoms with van der Waals surface area (Å²) in [5, 5.41) is 0. The number of hydrogen-bond donors (Lipinski definition) is 0. The molecule has 0 aliphatic carbocycles. The molecule has 0 unspecified atom stereocenters. The lowest BCUT2D eigenvalue weighted by Gasteiger charge is -2.25. The van der Waals surface area contributed by atoms with Crippen LogP contribution < -0.4 is 14.5 Å². The third-order valence-corrected chi connectivity index (χ3v) is 5.16. The molecule has 0 bridgehead atoms. The molecule has 0 atom stereocenters. The highest BCUT2D eigenvalue weighted by Gasteiger charge is 2.37. The van der Waals surface area contributed by atoms with Gasteiger partial charge in [-0.25, -0.2) is 4.98 Å². The number of alkyl halides is 3. The molecule has 0 saturated heterocycles. The van der Waals surface area contributed by atoms with Crippen LogP contribution in [-0.4, -0.2) is 30.7 Å². The van der Waals surface area contributed by atoms with E-state index < -0.39 is 11.7 Å². The van der Waals surface area contributed by atoms with Crippen molar-refractivity contribution >= 4 is 23.1 Å². The largest absolute Gasteiger partial charge is 0.494 e. The van der Waals surface area contributed by atoms with Crippen LogP contribution in [0.3, 0.4) is 0 Å². The van der Waals surface area contributed by atoms with E-state index in [1.54, 1.807) is 43.3 Å². The van der Waals surface area contributed by atoms with Gasteiger partial charge in [0.15, 0.2) is 5.82 Å². The Hall–Kier alpha value is -3.29. The van der Waals surface area contributed by atoms with Gasteiger partial charge < -0.3 is 14.5 Å². The van der Waals surface area contributed by atoms with Crippen LogP contribution in [-0.2, 0) is 6.18 Å². The second-order valence-corrected chi connectivity index (χ2v) is 7.70. The molecule has 2 aromatic carbocycles. The molecule has 5 nitrogen and oxygen atoms in total. The van der Waals surface area contributed by atoms with Crippen LogP contribution in [0.25, 0.3) is 0 Å². The van der Waals surface area contributed by atoms with Gasteiger partial charge in [0.25, 0.3) is 0 Å². The number of ether oxygens (including phenoxy) is 1. The van der Waals surface area contributed by atoms with Gasteiger partial charge in [-0.3, -0.25) is 0 Å². The zero-order chi connectivity index (χ0) is 23.5. The summed E-state index contributed by atoms with van der Waals surface area (Å²) in [6.45, 7) is 6.57. The topological polar surface area (TPSA) is 41.5 Å². The van der Waals surface area contributed by atoms with E-state index in [2.05, 4.69) is 23.8 Å². The predicted molar refractivity (Wildman–Crippen MR) is 121 cm³/mol. The fourth-order valence-electron chi connectivity index (χ4n) is 3.23. The van der Waals surface area contributed by atoms with Gasteiger partial charge in [-0.05, 0) is 54.8 Å². The number of aromatic nitrogens is 2. The highest BCUT2D eigenvalue weighted by Crippen LogP contribution is 2.38. The molecule has 0 aliphatic heterocycles. The van der Waals surface area contributed by atoms with Crippen molar-refractivity contribution in [3.63, 3.8) is 0 Å². The molecule has 1 aromatic heterocycles. The van der Waals surface area contributed by atoms with Crippen LogP contribution >= 0.6 is 0 Å². The summed E-state index contributed by atoms with van der Waals surface area (Å²) in [5.74, 6) is 0.972. The Morgan fingerprint density at radius 1 is 0.906 bits per heavy atom. The molecule has 0 radical (unpaired) electrons. The van der Waals surface area contributed by atoms with Gasteiger partial charge in [0.1, 0.15) is 11.3 Å². The Labute approximate surface area is 186 Å². The fraction of sp³-hybridized carbons (Fsp3) is 0.333. The van der Waals surface area contributed by atoms with Crippen molar-refractivity contribution in [3.05, 3.63) is 65.9 Å². The number of anilines is 4. The summed E-state index contributed by atoms with van der Waals surface area (Å²) in [5.41, 5.74) is 1.60. The Balaban J connectivity index is 1.99.